The van der Waals surface area contributed by atoms with Crippen LogP contribution in [0, 0.1) is 0 Å². The first kappa shape index (κ1) is 20.6. The lowest BCUT2D eigenvalue weighted by molar-refractivity contribution is -0.143. The molecule has 0 saturated carbocycles. The lowest BCUT2D eigenvalue weighted by Crippen LogP contribution is -2.53. The second-order valence-corrected chi connectivity index (χ2v) is 6.15. The molecule has 2 atom stereocenters. The SMILES string of the molecule is NC(=O)CC(NC(=O)C(Cc1ccccc1)NC(=O)c1ccccc1)C(=O)O. The van der Waals surface area contributed by atoms with E-state index in [1.165, 1.54) is 0 Å². The van der Waals surface area contributed by atoms with Gasteiger partial charge in [0, 0.05) is 12.0 Å². The normalized spacial score (nSPS) is 12.4. The Morgan fingerprint density at radius 1 is 0.857 bits per heavy atom. The topological polar surface area (TPSA) is 139 Å². The summed E-state index contributed by atoms with van der Waals surface area (Å²) < 4.78 is 0. The van der Waals surface area contributed by atoms with Gasteiger partial charge in [-0.05, 0) is 17.7 Å². The van der Waals surface area contributed by atoms with E-state index in [1.807, 2.05) is 6.07 Å². The molecule has 8 nitrogen and oxygen atoms in total. The predicted molar refractivity (Wildman–Crippen MR) is 101 cm³/mol. The number of nitrogens with one attached hydrogen (secondary N) is 2. The van der Waals surface area contributed by atoms with Gasteiger partial charge in [-0.15, -0.1) is 0 Å². The molecule has 0 radical (unpaired) electrons. The Morgan fingerprint density at radius 2 is 1.43 bits per heavy atom. The Kier molecular flexibility index (Phi) is 7.27. The van der Waals surface area contributed by atoms with Gasteiger partial charge in [-0.25, -0.2) is 4.79 Å². The molecule has 0 spiro atoms. The molecule has 3 amide bonds. The highest BCUT2D eigenvalue weighted by molar-refractivity contribution is 5.98. The average molecular weight is 383 g/mol. The number of primary amides is 1. The number of carbonyl (C=O) groups is 4. The first-order valence-electron chi connectivity index (χ1n) is 8.58. The summed E-state index contributed by atoms with van der Waals surface area (Å²) in [5, 5.41) is 14.1. The van der Waals surface area contributed by atoms with Crippen LogP contribution in [0.15, 0.2) is 60.7 Å². The van der Waals surface area contributed by atoms with Crippen LogP contribution in [0.3, 0.4) is 0 Å². The number of carboxylic acid groups (broad SMARTS) is 1. The quantitative estimate of drug-likeness (QED) is 0.499. The largest absolute Gasteiger partial charge is 0.480 e. The lowest BCUT2D eigenvalue weighted by atomic mass is 10.0. The molecule has 0 fully saturated rings. The van der Waals surface area contributed by atoms with Crippen molar-refractivity contribution in [3.8, 4) is 0 Å². The van der Waals surface area contributed by atoms with Gasteiger partial charge >= 0.3 is 5.97 Å². The van der Waals surface area contributed by atoms with Crippen molar-refractivity contribution in [2.45, 2.75) is 24.9 Å². The highest BCUT2D eigenvalue weighted by Gasteiger charge is 2.28. The van der Waals surface area contributed by atoms with Crippen LogP contribution in [0.25, 0.3) is 0 Å². The molecule has 0 aromatic heterocycles. The van der Waals surface area contributed by atoms with Crippen LogP contribution in [0.2, 0.25) is 0 Å². The first-order valence-corrected chi connectivity index (χ1v) is 8.58. The number of nitrogens with two attached hydrogens (primary N) is 1. The zero-order valence-electron chi connectivity index (χ0n) is 15.0. The number of hydrogen-bond donors (Lipinski definition) is 4. The van der Waals surface area contributed by atoms with Gasteiger partial charge in [0.05, 0.1) is 6.42 Å². The van der Waals surface area contributed by atoms with E-state index in [0.29, 0.717) is 5.56 Å². The number of hydrogen-bond acceptors (Lipinski definition) is 4. The van der Waals surface area contributed by atoms with Gasteiger partial charge in [0.25, 0.3) is 5.91 Å². The van der Waals surface area contributed by atoms with E-state index < -0.39 is 42.2 Å². The molecule has 0 heterocycles. The standard InChI is InChI=1S/C20H21N3O5/c21-17(24)12-16(20(27)28)23-19(26)15(11-13-7-3-1-4-8-13)22-18(25)14-9-5-2-6-10-14/h1-10,15-16H,11-12H2,(H2,21,24)(H,22,25)(H,23,26)(H,27,28). The van der Waals surface area contributed by atoms with E-state index >= 15 is 0 Å². The smallest absolute Gasteiger partial charge is 0.326 e. The van der Waals surface area contributed by atoms with Gasteiger partial charge in [-0.3, -0.25) is 14.4 Å². The summed E-state index contributed by atoms with van der Waals surface area (Å²) in [7, 11) is 0. The monoisotopic (exact) mass is 383 g/mol. The third-order valence-electron chi connectivity index (χ3n) is 3.96. The molecule has 2 unspecified atom stereocenters. The number of aliphatic carboxylic acids is 1. The first-order chi connectivity index (χ1) is 13.4. The number of rotatable bonds is 9. The van der Waals surface area contributed by atoms with Gasteiger partial charge in [0.2, 0.25) is 11.8 Å². The van der Waals surface area contributed by atoms with Gasteiger partial charge in [-0.1, -0.05) is 48.5 Å². The molecular weight excluding hydrogens is 362 g/mol. The summed E-state index contributed by atoms with van der Waals surface area (Å²) >= 11 is 0. The van der Waals surface area contributed by atoms with Crippen molar-refractivity contribution in [2.75, 3.05) is 0 Å². The zero-order valence-corrected chi connectivity index (χ0v) is 15.0. The maximum Gasteiger partial charge on any atom is 0.326 e. The highest BCUT2D eigenvalue weighted by Crippen LogP contribution is 2.07. The fraction of sp³-hybridized carbons (Fsp3) is 0.200. The van der Waals surface area contributed by atoms with Gasteiger partial charge < -0.3 is 21.5 Å². The molecule has 2 rings (SSSR count). The summed E-state index contributed by atoms with van der Waals surface area (Å²) in [5.74, 6) is -3.44. The van der Waals surface area contributed by atoms with Gasteiger partial charge in [-0.2, -0.15) is 0 Å². The fourth-order valence-corrected chi connectivity index (χ4v) is 2.56. The van der Waals surface area contributed by atoms with Crippen molar-refractivity contribution in [3.63, 3.8) is 0 Å². The molecule has 2 aromatic carbocycles. The minimum atomic E-state index is -1.48. The average Bonchev–Trinajstić information content (AvgIpc) is 2.68. The Morgan fingerprint density at radius 3 is 1.96 bits per heavy atom. The van der Waals surface area contributed by atoms with Crippen LogP contribution in [-0.2, 0) is 20.8 Å². The van der Waals surface area contributed by atoms with E-state index in [9.17, 15) is 24.3 Å². The maximum absolute atomic E-state index is 12.7. The lowest BCUT2D eigenvalue weighted by Gasteiger charge is -2.21. The zero-order chi connectivity index (χ0) is 20.5. The summed E-state index contributed by atoms with van der Waals surface area (Å²) in [6.07, 6.45) is -0.403. The second kappa shape index (κ2) is 9.86. The van der Waals surface area contributed by atoms with Crippen LogP contribution >= 0.6 is 0 Å². The summed E-state index contributed by atoms with van der Waals surface area (Å²) in [6.45, 7) is 0. The van der Waals surface area contributed by atoms with Gasteiger partial charge in [0.1, 0.15) is 12.1 Å². The van der Waals surface area contributed by atoms with Gasteiger partial charge in [0.15, 0.2) is 0 Å². The summed E-state index contributed by atoms with van der Waals surface area (Å²) in [6, 6.07) is 14.8. The minimum Gasteiger partial charge on any atom is -0.480 e. The molecule has 8 heteroatoms. The number of carbonyl (C=O) groups excluding carboxylic acids is 3. The molecule has 0 saturated heterocycles. The second-order valence-electron chi connectivity index (χ2n) is 6.15. The molecule has 28 heavy (non-hydrogen) atoms. The van der Waals surface area contributed by atoms with E-state index in [0.717, 1.165) is 5.56 Å². The van der Waals surface area contributed by atoms with Crippen molar-refractivity contribution < 1.29 is 24.3 Å². The third kappa shape index (κ3) is 6.24. The molecule has 2 aromatic rings. The van der Waals surface area contributed by atoms with Crippen LogP contribution in [0.5, 0.6) is 0 Å². The third-order valence-corrected chi connectivity index (χ3v) is 3.96. The highest BCUT2D eigenvalue weighted by atomic mass is 16.4. The molecule has 0 aliphatic heterocycles. The van der Waals surface area contributed by atoms with E-state index in [1.54, 1.807) is 54.6 Å². The van der Waals surface area contributed by atoms with Crippen LogP contribution in [0.4, 0.5) is 0 Å². The Labute approximate surface area is 161 Å². The van der Waals surface area contributed by atoms with Crippen molar-refractivity contribution in [1.82, 2.24) is 10.6 Å². The number of benzene rings is 2. The molecule has 146 valence electrons. The van der Waals surface area contributed by atoms with E-state index in [2.05, 4.69) is 10.6 Å². The summed E-state index contributed by atoms with van der Waals surface area (Å²) in [4.78, 5) is 47.5. The Hall–Kier alpha value is -3.68. The molecule has 5 N–H and O–H groups in total. The van der Waals surface area contributed by atoms with Crippen molar-refractivity contribution in [1.29, 1.82) is 0 Å². The fourth-order valence-electron chi connectivity index (χ4n) is 2.56. The molecule has 0 aliphatic carbocycles. The van der Waals surface area contributed by atoms with Crippen molar-refractivity contribution >= 4 is 23.7 Å². The molecular formula is C20H21N3O5. The van der Waals surface area contributed by atoms with Crippen LogP contribution < -0.4 is 16.4 Å². The molecule has 0 bridgehead atoms. The van der Waals surface area contributed by atoms with Crippen molar-refractivity contribution in [3.05, 3.63) is 71.8 Å². The van der Waals surface area contributed by atoms with Crippen molar-refractivity contribution in [2.24, 2.45) is 5.73 Å². The Balaban J connectivity index is 2.18. The molecule has 0 aliphatic rings. The van der Waals surface area contributed by atoms with Crippen LogP contribution in [-0.4, -0.2) is 40.9 Å². The predicted octanol–water partition coefficient (Wildman–Crippen LogP) is 0.473. The van der Waals surface area contributed by atoms with E-state index in [4.69, 9.17) is 5.73 Å². The Bertz CT molecular complexity index is 839. The maximum atomic E-state index is 12.7. The van der Waals surface area contributed by atoms with E-state index in [-0.39, 0.29) is 6.42 Å². The summed E-state index contributed by atoms with van der Waals surface area (Å²) in [5.41, 5.74) is 6.18. The minimum absolute atomic E-state index is 0.147. The van der Waals surface area contributed by atoms with Crippen LogP contribution in [0.1, 0.15) is 22.3 Å². The number of carboxylic acids is 1. The number of amides is 3.